The zero-order valence-electron chi connectivity index (χ0n) is 7.75. The lowest BCUT2D eigenvalue weighted by molar-refractivity contribution is -0.157. The fraction of sp³-hybridized carbons (Fsp3) is 0.750. The van der Waals surface area contributed by atoms with Crippen LogP contribution in [0, 0.1) is 5.41 Å². The van der Waals surface area contributed by atoms with Gasteiger partial charge in [-0.05, 0) is 13.8 Å². The van der Waals surface area contributed by atoms with Crippen LogP contribution in [0.1, 0.15) is 13.8 Å². The van der Waals surface area contributed by atoms with E-state index in [1.165, 1.54) is 0 Å². The third-order valence-electron chi connectivity index (χ3n) is 1.91. The summed E-state index contributed by atoms with van der Waals surface area (Å²) in [6.45, 7) is 4.12. The van der Waals surface area contributed by atoms with Crippen molar-refractivity contribution >= 4 is 12.1 Å². The summed E-state index contributed by atoms with van der Waals surface area (Å²) in [6, 6.07) is 0. The molecule has 0 aromatic carbocycles. The summed E-state index contributed by atoms with van der Waals surface area (Å²) in [5.41, 5.74) is -0.746. The normalized spacial score (nSPS) is 27.4. The number of nitrogens with one attached hydrogen (secondary N) is 1. The smallest absolute Gasteiger partial charge is 0.407 e. The molecule has 5 heteroatoms. The van der Waals surface area contributed by atoms with Gasteiger partial charge in [-0.25, -0.2) is 4.79 Å². The first-order chi connectivity index (χ1) is 6.08. The Morgan fingerprint density at radius 2 is 2.46 bits per heavy atom. The van der Waals surface area contributed by atoms with E-state index in [1.54, 1.807) is 13.8 Å². The largest absolute Gasteiger partial charge is 0.465 e. The van der Waals surface area contributed by atoms with Gasteiger partial charge in [-0.15, -0.1) is 0 Å². The van der Waals surface area contributed by atoms with Gasteiger partial charge in [0.05, 0.1) is 6.61 Å². The van der Waals surface area contributed by atoms with E-state index in [2.05, 4.69) is 5.32 Å². The molecule has 1 amide bonds. The fourth-order valence-corrected chi connectivity index (χ4v) is 1.03. The molecule has 0 bridgehead atoms. The Morgan fingerprint density at radius 1 is 1.77 bits per heavy atom. The number of hydrogen-bond acceptors (Lipinski definition) is 4. The van der Waals surface area contributed by atoms with E-state index in [4.69, 9.17) is 9.47 Å². The number of carbonyl (C=O) groups is 2. The second-order valence-electron chi connectivity index (χ2n) is 3.21. The molecule has 1 rings (SSSR count). The number of carbonyl (C=O) groups excluding carboxylic acids is 2. The Hall–Kier alpha value is -1.26. The highest BCUT2D eigenvalue weighted by molar-refractivity contribution is 5.79. The molecule has 1 saturated heterocycles. The minimum absolute atomic E-state index is 0.0810. The van der Waals surface area contributed by atoms with E-state index in [1.807, 2.05) is 0 Å². The number of amides is 1. The highest BCUT2D eigenvalue weighted by atomic mass is 16.6. The van der Waals surface area contributed by atoms with Crippen molar-refractivity contribution in [3.63, 3.8) is 0 Å². The Balaban J connectivity index is 2.56. The molecule has 1 fully saturated rings. The maximum Gasteiger partial charge on any atom is 0.407 e. The van der Waals surface area contributed by atoms with Crippen molar-refractivity contribution in [1.82, 2.24) is 5.32 Å². The van der Waals surface area contributed by atoms with Crippen LogP contribution >= 0.6 is 0 Å². The maximum atomic E-state index is 11.4. The molecule has 0 radical (unpaired) electrons. The minimum Gasteiger partial charge on any atom is -0.465 e. The molecule has 0 aromatic heterocycles. The first kappa shape index (κ1) is 9.83. The van der Waals surface area contributed by atoms with Crippen LogP contribution in [0.15, 0.2) is 0 Å². The van der Waals surface area contributed by atoms with Gasteiger partial charge in [0.25, 0.3) is 0 Å². The molecule has 0 aliphatic carbocycles. The van der Waals surface area contributed by atoms with E-state index < -0.39 is 11.5 Å². The second-order valence-corrected chi connectivity index (χ2v) is 3.21. The van der Waals surface area contributed by atoms with Crippen LogP contribution in [0.5, 0.6) is 0 Å². The van der Waals surface area contributed by atoms with Gasteiger partial charge < -0.3 is 14.8 Å². The van der Waals surface area contributed by atoms with Gasteiger partial charge in [0.15, 0.2) is 0 Å². The van der Waals surface area contributed by atoms with Gasteiger partial charge in [0, 0.05) is 6.54 Å². The summed E-state index contributed by atoms with van der Waals surface area (Å²) in [4.78, 5) is 22.0. The lowest BCUT2D eigenvalue weighted by atomic mass is 9.91. The quantitative estimate of drug-likeness (QED) is 0.631. The Labute approximate surface area is 76.4 Å². The molecule has 1 N–H and O–H groups in total. The van der Waals surface area contributed by atoms with E-state index in [9.17, 15) is 9.59 Å². The summed E-state index contributed by atoms with van der Waals surface area (Å²) in [5, 5.41) is 2.45. The fourth-order valence-electron chi connectivity index (χ4n) is 1.03. The molecule has 0 aromatic rings. The average Bonchev–Trinajstić information content (AvgIpc) is 2.11. The lowest BCUT2D eigenvalue weighted by Gasteiger charge is -2.30. The highest BCUT2D eigenvalue weighted by Gasteiger charge is 2.39. The summed E-state index contributed by atoms with van der Waals surface area (Å²) in [5.74, 6) is -0.338. The van der Waals surface area contributed by atoms with Crippen LogP contribution < -0.4 is 5.32 Å². The van der Waals surface area contributed by atoms with Gasteiger partial charge in [-0.1, -0.05) is 0 Å². The van der Waals surface area contributed by atoms with E-state index >= 15 is 0 Å². The van der Waals surface area contributed by atoms with Crippen LogP contribution in [0.25, 0.3) is 0 Å². The molecule has 1 heterocycles. The van der Waals surface area contributed by atoms with Crippen molar-refractivity contribution in [1.29, 1.82) is 0 Å². The number of hydrogen-bond donors (Lipinski definition) is 1. The van der Waals surface area contributed by atoms with Gasteiger partial charge in [-0.2, -0.15) is 0 Å². The Bertz CT molecular complexity index is 216. The van der Waals surface area contributed by atoms with Gasteiger partial charge in [0.1, 0.15) is 12.0 Å². The molecule has 0 unspecified atom stereocenters. The monoisotopic (exact) mass is 187 g/mol. The Morgan fingerprint density at radius 3 is 2.92 bits per heavy atom. The van der Waals surface area contributed by atoms with Crippen LogP contribution in [-0.2, 0) is 14.3 Å². The van der Waals surface area contributed by atoms with E-state index in [-0.39, 0.29) is 19.1 Å². The second kappa shape index (κ2) is 3.64. The number of rotatable bonds is 2. The SMILES string of the molecule is CCOC(=O)[C@@]1(C)CNC(=O)OC1. The molecule has 0 saturated carbocycles. The van der Waals surface area contributed by atoms with E-state index in [0.717, 1.165) is 0 Å². The average molecular weight is 187 g/mol. The minimum atomic E-state index is -0.746. The molecule has 1 atom stereocenters. The highest BCUT2D eigenvalue weighted by Crippen LogP contribution is 2.20. The molecule has 74 valence electrons. The lowest BCUT2D eigenvalue weighted by Crippen LogP contribution is -2.50. The molecule has 5 nitrogen and oxygen atoms in total. The van der Waals surface area contributed by atoms with E-state index in [0.29, 0.717) is 6.61 Å². The predicted octanol–water partition coefficient (Wildman–Crippen LogP) is 0.296. The van der Waals surface area contributed by atoms with Crippen molar-refractivity contribution in [2.75, 3.05) is 19.8 Å². The molecular formula is C8H13NO4. The first-order valence-electron chi connectivity index (χ1n) is 4.16. The maximum absolute atomic E-state index is 11.4. The number of alkyl carbamates (subject to hydrolysis) is 1. The third-order valence-corrected chi connectivity index (χ3v) is 1.91. The molecular weight excluding hydrogens is 174 g/mol. The zero-order valence-corrected chi connectivity index (χ0v) is 7.75. The predicted molar refractivity (Wildman–Crippen MR) is 44.1 cm³/mol. The van der Waals surface area contributed by atoms with Crippen molar-refractivity contribution in [3.05, 3.63) is 0 Å². The van der Waals surface area contributed by atoms with Gasteiger partial charge in [-0.3, -0.25) is 4.79 Å². The number of cyclic esters (lactones) is 1. The summed E-state index contributed by atoms with van der Waals surface area (Å²) in [6.07, 6.45) is -0.484. The summed E-state index contributed by atoms with van der Waals surface area (Å²) < 4.78 is 9.56. The van der Waals surface area contributed by atoms with Crippen molar-refractivity contribution < 1.29 is 19.1 Å². The van der Waals surface area contributed by atoms with Crippen LogP contribution in [-0.4, -0.2) is 31.8 Å². The topological polar surface area (TPSA) is 64.6 Å². The summed E-state index contributed by atoms with van der Waals surface area (Å²) in [7, 11) is 0. The first-order valence-corrected chi connectivity index (χ1v) is 4.16. The zero-order chi connectivity index (χ0) is 9.90. The molecule has 13 heavy (non-hydrogen) atoms. The van der Waals surface area contributed by atoms with Crippen LogP contribution in [0.2, 0.25) is 0 Å². The van der Waals surface area contributed by atoms with Crippen LogP contribution in [0.4, 0.5) is 4.79 Å². The molecule has 1 aliphatic rings. The van der Waals surface area contributed by atoms with Crippen molar-refractivity contribution in [2.45, 2.75) is 13.8 Å². The standard InChI is InChI=1S/C8H13NO4/c1-3-12-6(10)8(2)4-9-7(11)13-5-8/h3-5H2,1-2H3,(H,9,11)/t8-/m0/s1. The Kier molecular flexibility index (Phi) is 2.75. The van der Waals surface area contributed by atoms with Crippen molar-refractivity contribution in [2.24, 2.45) is 5.41 Å². The number of ether oxygens (including phenoxy) is 2. The molecule has 0 spiro atoms. The van der Waals surface area contributed by atoms with Gasteiger partial charge >= 0.3 is 12.1 Å². The molecule has 1 aliphatic heterocycles. The van der Waals surface area contributed by atoms with Gasteiger partial charge in [0.2, 0.25) is 0 Å². The third kappa shape index (κ3) is 2.11. The summed E-state index contributed by atoms with van der Waals surface area (Å²) >= 11 is 0. The van der Waals surface area contributed by atoms with Crippen LogP contribution in [0.3, 0.4) is 0 Å². The van der Waals surface area contributed by atoms with Crippen molar-refractivity contribution in [3.8, 4) is 0 Å². The number of esters is 1.